The van der Waals surface area contributed by atoms with E-state index in [1.54, 1.807) is 0 Å². The lowest BCUT2D eigenvalue weighted by atomic mass is 10.2. The second-order valence-electron chi connectivity index (χ2n) is 5.62. The SMILES string of the molecule is CC(C)CNCc1cccc(SCC2CCCO2)c1. The lowest BCUT2D eigenvalue weighted by Crippen LogP contribution is -2.18. The zero-order valence-corrected chi connectivity index (χ0v) is 12.8. The molecule has 0 amide bonds. The Morgan fingerprint density at radius 2 is 2.32 bits per heavy atom. The van der Waals surface area contributed by atoms with Crippen molar-refractivity contribution in [2.75, 3.05) is 18.9 Å². The fourth-order valence-electron chi connectivity index (χ4n) is 2.22. The molecular formula is C16H25NOS. The van der Waals surface area contributed by atoms with Gasteiger partial charge in [0.15, 0.2) is 0 Å². The first-order chi connectivity index (χ1) is 9.24. The molecule has 0 radical (unpaired) electrons. The van der Waals surface area contributed by atoms with Crippen LogP contribution in [0.4, 0.5) is 0 Å². The summed E-state index contributed by atoms with van der Waals surface area (Å²) in [6, 6.07) is 8.85. The average Bonchev–Trinajstić information content (AvgIpc) is 2.89. The van der Waals surface area contributed by atoms with Crippen LogP contribution < -0.4 is 5.32 Å². The first-order valence-electron chi connectivity index (χ1n) is 7.28. The van der Waals surface area contributed by atoms with Crippen molar-refractivity contribution >= 4 is 11.8 Å². The second kappa shape index (κ2) is 7.93. The maximum atomic E-state index is 5.66. The molecule has 1 unspecified atom stereocenters. The molecule has 3 heteroatoms. The zero-order valence-electron chi connectivity index (χ0n) is 12.0. The van der Waals surface area contributed by atoms with Crippen molar-refractivity contribution in [1.29, 1.82) is 0 Å². The summed E-state index contributed by atoms with van der Waals surface area (Å²) in [6.07, 6.45) is 2.92. The van der Waals surface area contributed by atoms with Gasteiger partial charge in [-0.2, -0.15) is 0 Å². The van der Waals surface area contributed by atoms with Gasteiger partial charge < -0.3 is 10.1 Å². The van der Waals surface area contributed by atoms with E-state index in [1.165, 1.54) is 23.3 Å². The third kappa shape index (κ3) is 5.55. The molecule has 2 nitrogen and oxygen atoms in total. The number of hydrogen-bond donors (Lipinski definition) is 1. The maximum absolute atomic E-state index is 5.66. The quantitative estimate of drug-likeness (QED) is 0.769. The fraction of sp³-hybridized carbons (Fsp3) is 0.625. The highest BCUT2D eigenvalue weighted by Crippen LogP contribution is 2.24. The molecule has 2 rings (SSSR count). The molecular weight excluding hydrogens is 254 g/mol. The Bertz CT molecular complexity index is 375. The van der Waals surface area contributed by atoms with Gasteiger partial charge in [0, 0.05) is 23.8 Å². The van der Waals surface area contributed by atoms with Gasteiger partial charge in [0.2, 0.25) is 0 Å². The summed E-state index contributed by atoms with van der Waals surface area (Å²) in [5.74, 6) is 1.79. The standard InChI is InChI=1S/C16H25NOS/c1-13(2)10-17-11-14-5-3-7-16(9-14)19-12-15-6-4-8-18-15/h3,5,7,9,13,15,17H,4,6,8,10-12H2,1-2H3. The van der Waals surface area contributed by atoms with Crippen LogP contribution in [0, 0.1) is 5.92 Å². The number of hydrogen-bond acceptors (Lipinski definition) is 3. The van der Waals surface area contributed by atoms with Crippen molar-refractivity contribution in [3.05, 3.63) is 29.8 Å². The minimum atomic E-state index is 0.465. The number of benzene rings is 1. The number of ether oxygens (including phenoxy) is 1. The Morgan fingerprint density at radius 3 is 3.05 bits per heavy atom. The summed E-state index contributed by atoms with van der Waals surface area (Å²) < 4.78 is 5.66. The second-order valence-corrected chi connectivity index (χ2v) is 6.71. The molecule has 1 aliphatic heterocycles. The van der Waals surface area contributed by atoms with Crippen LogP contribution in [0.5, 0.6) is 0 Å². The van der Waals surface area contributed by atoms with Crippen LogP contribution in [0.1, 0.15) is 32.3 Å². The predicted molar refractivity (Wildman–Crippen MR) is 82.7 cm³/mol. The highest BCUT2D eigenvalue weighted by Gasteiger charge is 2.15. The molecule has 19 heavy (non-hydrogen) atoms. The van der Waals surface area contributed by atoms with E-state index < -0.39 is 0 Å². The molecule has 1 fully saturated rings. The van der Waals surface area contributed by atoms with Crippen molar-refractivity contribution in [3.8, 4) is 0 Å². The van der Waals surface area contributed by atoms with Crippen molar-refractivity contribution in [2.24, 2.45) is 5.92 Å². The van der Waals surface area contributed by atoms with Crippen molar-refractivity contribution in [1.82, 2.24) is 5.32 Å². The van der Waals surface area contributed by atoms with E-state index in [0.29, 0.717) is 12.0 Å². The van der Waals surface area contributed by atoms with E-state index in [2.05, 4.69) is 43.4 Å². The summed E-state index contributed by atoms with van der Waals surface area (Å²) in [6.45, 7) is 7.46. The van der Waals surface area contributed by atoms with Crippen LogP contribution >= 0.6 is 11.8 Å². The highest BCUT2D eigenvalue weighted by atomic mass is 32.2. The number of rotatable bonds is 7. The molecule has 1 aromatic carbocycles. The normalized spacial score (nSPS) is 19.2. The minimum absolute atomic E-state index is 0.465. The molecule has 106 valence electrons. The lowest BCUT2D eigenvalue weighted by Gasteiger charge is -2.10. The lowest BCUT2D eigenvalue weighted by molar-refractivity contribution is 0.129. The molecule has 1 heterocycles. The molecule has 0 spiro atoms. The third-order valence-electron chi connectivity index (χ3n) is 3.24. The minimum Gasteiger partial charge on any atom is -0.377 e. The van der Waals surface area contributed by atoms with Crippen molar-refractivity contribution < 1.29 is 4.74 Å². The Labute approximate surface area is 121 Å². The third-order valence-corrected chi connectivity index (χ3v) is 4.37. The molecule has 0 aromatic heterocycles. The van der Waals surface area contributed by atoms with Crippen LogP contribution in [-0.2, 0) is 11.3 Å². The fourth-order valence-corrected chi connectivity index (χ4v) is 3.27. The summed E-state index contributed by atoms with van der Waals surface area (Å²) in [5.41, 5.74) is 1.37. The highest BCUT2D eigenvalue weighted by molar-refractivity contribution is 7.99. The van der Waals surface area contributed by atoms with Gasteiger partial charge in [0.1, 0.15) is 0 Å². The smallest absolute Gasteiger partial charge is 0.0669 e. The molecule has 0 aliphatic carbocycles. The van der Waals surface area contributed by atoms with Crippen molar-refractivity contribution in [3.63, 3.8) is 0 Å². The van der Waals surface area contributed by atoms with E-state index in [-0.39, 0.29) is 0 Å². The summed E-state index contributed by atoms with van der Waals surface area (Å²) >= 11 is 1.92. The van der Waals surface area contributed by atoms with Gasteiger partial charge in [-0.3, -0.25) is 0 Å². The zero-order chi connectivity index (χ0) is 13.5. The molecule has 1 aliphatic rings. The van der Waals surface area contributed by atoms with Gasteiger partial charge in [-0.25, -0.2) is 0 Å². The molecule has 0 saturated carbocycles. The van der Waals surface area contributed by atoms with Gasteiger partial charge in [-0.15, -0.1) is 11.8 Å². The van der Waals surface area contributed by atoms with Gasteiger partial charge in [0.05, 0.1) is 6.10 Å². The van der Waals surface area contributed by atoms with Crippen LogP contribution in [0.2, 0.25) is 0 Å². The summed E-state index contributed by atoms with van der Waals surface area (Å²) in [4.78, 5) is 1.36. The van der Waals surface area contributed by atoms with E-state index in [9.17, 15) is 0 Å². The number of thioether (sulfide) groups is 1. The number of nitrogens with one attached hydrogen (secondary N) is 1. The molecule has 0 bridgehead atoms. The first-order valence-corrected chi connectivity index (χ1v) is 8.26. The van der Waals surface area contributed by atoms with E-state index in [1.807, 2.05) is 11.8 Å². The van der Waals surface area contributed by atoms with Crippen LogP contribution in [0.25, 0.3) is 0 Å². The predicted octanol–water partition coefficient (Wildman–Crippen LogP) is 3.70. The largest absolute Gasteiger partial charge is 0.377 e. The molecule has 1 aromatic rings. The molecule has 1 atom stereocenters. The van der Waals surface area contributed by atoms with Crippen LogP contribution in [0.3, 0.4) is 0 Å². The summed E-state index contributed by atoms with van der Waals surface area (Å²) in [5, 5.41) is 3.49. The Balaban J connectivity index is 1.77. The van der Waals surface area contributed by atoms with Gasteiger partial charge >= 0.3 is 0 Å². The van der Waals surface area contributed by atoms with Crippen molar-refractivity contribution in [2.45, 2.75) is 44.2 Å². The Morgan fingerprint density at radius 1 is 1.42 bits per heavy atom. The maximum Gasteiger partial charge on any atom is 0.0669 e. The topological polar surface area (TPSA) is 21.3 Å². The van der Waals surface area contributed by atoms with E-state index in [4.69, 9.17) is 4.74 Å². The van der Waals surface area contributed by atoms with Crippen LogP contribution in [-0.4, -0.2) is 25.0 Å². The van der Waals surface area contributed by atoms with E-state index >= 15 is 0 Å². The summed E-state index contributed by atoms with van der Waals surface area (Å²) in [7, 11) is 0. The van der Waals surface area contributed by atoms with Crippen LogP contribution in [0.15, 0.2) is 29.2 Å². The molecule has 1 saturated heterocycles. The molecule has 1 N–H and O–H groups in total. The average molecular weight is 279 g/mol. The van der Waals surface area contributed by atoms with Gasteiger partial charge in [0.25, 0.3) is 0 Å². The first kappa shape index (κ1) is 14.9. The Hall–Kier alpha value is -0.510. The monoisotopic (exact) mass is 279 g/mol. The Kier molecular flexibility index (Phi) is 6.21. The van der Waals surface area contributed by atoms with Gasteiger partial charge in [-0.1, -0.05) is 26.0 Å². The van der Waals surface area contributed by atoms with E-state index in [0.717, 1.165) is 25.4 Å². The van der Waals surface area contributed by atoms with Gasteiger partial charge in [-0.05, 0) is 43.0 Å².